The molecule has 21 heavy (non-hydrogen) atoms. The van der Waals surface area contributed by atoms with Gasteiger partial charge in [0, 0.05) is 25.7 Å². The van der Waals surface area contributed by atoms with Crippen LogP contribution in [0.4, 0.5) is 5.82 Å². The first-order chi connectivity index (χ1) is 10.2. The maximum absolute atomic E-state index is 4.64. The third-order valence-corrected chi connectivity index (χ3v) is 5.00. The van der Waals surface area contributed by atoms with Gasteiger partial charge in [0.05, 0.1) is 18.1 Å². The Balaban J connectivity index is 1.59. The number of hydrogen-bond acceptors (Lipinski definition) is 4. The van der Waals surface area contributed by atoms with Crippen LogP contribution >= 0.6 is 0 Å². The largest absolute Gasteiger partial charge is 0.355 e. The third kappa shape index (κ3) is 3.73. The van der Waals surface area contributed by atoms with E-state index in [1.807, 2.05) is 12.4 Å². The quantitative estimate of drug-likeness (QED) is 0.925. The van der Waals surface area contributed by atoms with E-state index < -0.39 is 0 Å². The van der Waals surface area contributed by atoms with E-state index in [0.717, 1.165) is 36.4 Å². The van der Waals surface area contributed by atoms with Gasteiger partial charge in [-0.05, 0) is 24.7 Å². The van der Waals surface area contributed by atoms with Crippen molar-refractivity contribution in [2.45, 2.75) is 58.5 Å². The summed E-state index contributed by atoms with van der Waals surface area (Å²) in [4.78, 5) is 11.6. The summed E-state index contributed by atoms with van der Waals surface area (Å²) < 4.78 is 0. The van der Waals surface area contributed by atoms with Gasteiger partial charge in [-0.15, -0.1) is 0 Å². The Morgan fingerprint density at radius 2 is 1.95 bits per heavy atom. The maximum Gasteiger partial charge on any atom is 0.147 e. The molecule has 1 aromatic rings. The fourth-order valence-corrected chi connectivity index (χ4v) is 3.72. The summed E-state index contributed by atoms with van der Waals surface area (Å²) >= 11 is 0. The lowest BCUT2D eigenvalue weighted by Gasteiger charge is -2.41. The first kappa shape index (κ1) is 14.8. The zero-order valence-corrected chi connectivity index (χ0v) is 13.4. The predicted octanol–water partition coefficient (Wildman–Crippen LogP) is 2.99. The van der Waals surface area contributed by atoms with E-state index in [1.54, 1.807) is 0 Å². The van der Waals surface area contributed by atoms with Crippen LogP contribution in [0.2, 0.25) is 0 Å². The van der Waals surface area contributed by atoms with Crippen LogP contribution in [0.25, 0.3) is 0 Å². The van der Waals surface area contributed by atoms with Crippen molar-refractivity contribution in [2.24, 2.45) is 11.8 Å². The summed E-state index contributed by atoms with van der Waals surface area (Å²) in [5.41, 5.74) is 1.03. The first-order valence-electron chi connectivity index (χ1n) is 8.51. The van der Waals surface area contributed by atoms with Crippen LogP contribution in [0.15, 0.2) is 12.4 Å². The van der Waals surface area contributed by atoms with Gasteiger partial charge in [0.15, 0.2) is 0 Å². The van der Waals surface area contributed by atoms with Crippen molar-refractivity contribution >= 4 is 5.82 Å². The molecule has 2 heterocycles. The van der Waals surface area contributed by atoms with Crippen LogP contribution in [-0.2, 0) is 6.54 Å². The van der Waals surface area contributed by atoms with E-state index >= 15 is 0 Å². The number of nitrogens with zero attached hydrogens (tertiary/aromatic N) is 3. The zero-order valence-electron chi connectivity index (χ0n) is 13.4. The van der Waals surface area contributed by atoms with Gasteiger partial charge in [-0.1, -0.05) is 33.1 Å². The summed E-state index contributed by atoms with van der Waals surface area (Å²) in [5, 5.41) is 3.38. The highest BCUT2D eigenvalue weighted by Gasteiger charge is 2.31. The molecule has 4 nitrogen and oxygen atoms in total. The molecule has 1 aliphatic heterocycles. The summed E-state index contributed by atoms with van der Waals surface area (Å²) in [6, 6.07) is 0.483. The Bertz CT molecular complexity index is 443. The lowest BCUT2D eigenvalue weighted by Crippen LogP contribution is -2.42. The molecule has 1 aliphatic carbocycles. The molecule has 116 valence electrons. The minimum Gasteiger partial charge on any atom is -0.355 e. The fourth-order valence-electron chi connectivity index (χ4n) is 3.72. The molecule has 1 N–H and O–H groups in total. The number of aromatic nitrogens is 2. The molecule has 3 rings (SSSR count). The number of rotatable bonds is 4. The molecule has 2 atom stereocenters. The molecule has 2 unspecified atom stereocenters. The molecule has 0 aromatic carbocycles. The predicted molar refractivity (Wildman–Crippen MR) is 86.3 cm³/mol. The van der Waals surface area contributed by atoms with Gasteiger partial charge in [0.1, 0.15) is 5.82 Å². The molecule has 0 bridgehead atoms. The molecular weight excluding hydrogens is 260 g/mol. The van der Waals surface area contributed by atoms with Crippen LogP contribution in [0, 0.1) is 11.8 Å². The third-order valence-electron chi connectivity index (χ3n) is 5.00. The highest BCUT2D eigenvalue weighted by Crippen LogP contribution is 2.36. The molecule has 2 aliphatic rings. The summed E-state index contributed by atoms with van der Waals surface area (Å²) in [5.74, 6) is 2.92. The van der Waals surface area contributed by atoms with Crippen molar-refractivity contribution in [3.63, 3.8) is 0 Å². The molecule has 0 spiro atoms. The van der Waals surface area contributed by atoms with Crippen molar-refractivity contribution in [2.75, 3.05) is 18.0 Å². The number of piperidine rings is 1. The topological polar surface area (TPSA) is 41.1 Å². The highest BCUT2D eigenvalue weighted by atomic mass is 15.2. The lowest BCUT2D eigenvalue weighted by molar-refractivity contribution is 0.202. The Labute approximate surface area is 128 Å². The SMILES string of the molecule is CC(C)NCc1cnc(N2CCC3CCCCC3C2)cn1. The molecule has 1 saturated carbocycles. The Hall–Kier alpha value is -1.16. The standard InChI is InChI=1S/C17H28N4/c1-13(2)18-9-16-10-20-17(11-19-16)21-8-7-14-5-3-4-6-15(14)12-21/h10-11,13-15,18H,3-9,12H2,1-2H3. The van der Waals surface area contributed by atoms with Crippen molar-refractivity contribution in [1.29, 1.82) is 0 Å². The number of nitrogens with one attached hydrogen (secondary N) is 1. The van der Waals surface area contributed by atoms with Gasteiger partial charge < -0.3 is 10.2 Å². The number of anilines is 1. The Morgan fingerprint density at radius 3 is 2.67 bits per heavy atom. The second kappa shape index (κ2) is 6.73. The van der Waals surface area contributed by atoms with Crippen molar-refractivity contribution < 1.29 is 0 Å². The summed E-state index contributed by atoms with van der Waals surface area (Å²) in [7, 11) is 0. The van der Waals surface area contributed by atoms with Crippen LogP contribution in [0.5, 0.6) is 0 Å². The lowest BCUT2D eigenvalue weighted by atomic mass is 9.75. The molecular formula is C17H28N4. The van der Waals surface area contributed by atoms with Gasteiger partial charge in [-0.2, -0.15) is 0 Å². The summed E-state index contributed by atoms with van der Waals surface area (Å²) in [6.07, 6.45) is 10.9. The van der Waals surface area contributed by atoms with Gasteiger partial charge in [-0.25, -0.2) is 4.98 Å². The first-order valence-corrected chi connectivity index (χ1v) is 8.51. The van der Waals surface area contributed by atoms with Gasteiger partial charge in [0.2, 0.25) is 0 Å². The van der Waals surface area contributed by atoms with Crippen molar-refractivity contribution in [3.05, 3.63) is 18.1 Å². The second-order valence-corrected chi connectivity index (χ2v) is 6.94. The average molecular weight is 288 g/mol. The number of hydrogen-bond donors (Lipinski definition) is 1. The average Bonchev–Trinajstić information content (AvgIpc) is 2.53. The minimum atomic E-state index is 0.483. The Morgan fingerprint density at radius 1 is 1.14 bits per heavy atom. The van der Waals surface area contributed by atoms with E-state index in [2.05, 4.69) is 34.0 Å². The van der Waals surface area contributed by atoms with Crippen molar-refractivity contribution in [1.82, 2.24) is 15.3 Å². The van der Waals surface area contributed by atoms with Crippen LogP contribution in [0.3, 0.4) is 0 Å². The van der Waals surface area contributed by atoms with Gasteiger partial charge in [-0.3, -0.25) is 4.98 Å². The molecule has 2 fully saturated rings. The fraction of sp³-hybridized carbons (Fsp3) is 0.765. The monoisotopic (exact) mass is 288 g/mol. The molecule has 1 aromatic heterocycles. The molecule has 4 heteroatoms. The normalized spacial score (nSPS) is 26.0. The van der Waals surface area contributed by atoms with Crippen LogP contribution in [0.1, 0.15) is 51.6 Å². The molecule has 1 saturated heterocycles. The molecule has 0 radical (unpaired) electrons. The molecule has 0 amide bonds. The van der Waals surface area contributed by atoms with E-state index in [9.17, 15) is 0 Å². The van der Waals surface area contributed by atoms with Crippen LogP contribution < -0.4 is 10.2 Å². The van der Waals surface area contributed by atoms with E-state index in [1.165, 1.54) is 38.6 Å². The highest BCUT2D eigenvalue weighted by molar-refractivity contribution is 5.36. The zero-order chi connectivity index (χ0) is 14.7. The van der Waals surface area contributed by atoms with E-state index in [-0.39, 0.29) is 0 Å². The van der Waals surface area contributed by atoms with E-state index in [4.69, 9.17) is 0 Å². The maximum atomic E-state index is 4.64. The summed E-state index contributed by atoms with van der Waals surface area (Å²) in [6.45, 7) is 7.43. The van der Waals surface area contributed by atoms with E-state index in [0.29, 0.717) is 6.04 Å². The van der Waals surface area contributed by atoms with Crippen LogP contribution in [-0.4, -0.2) is 29.1 Å². The number of fused-ring (bicyclic) bond motifs is 1. The second-order valence-electron chi connectivity index (χ2n) is 6.94. The van der Waals surface area contributed by atoms with Crippen molar-refractivity contribution in [3.8, 4) is 0 Å². The van der Waals surface area contributed by atoms with Gasteiger partial charge in [0.25, 0.3) is 0 Å². The smallest absolute Gasteiger partial charge is 0.147 e. The Kier molecular flexibility index (Phi) is 4.73. The minimum absolute atomic E-state index is 0.483. The van der Waals surface area contributed by atoms with Gasteiger partial charge >= 0.3 is 0 Å².